The molecule has 0 aliphatic heterocycles. The highest BCUT2D eigenvalue weighted by Gasteiger charge is 2.22. The summed E-state index contributed by atoms with van der Waals surface area (Å²) in [6.45, 7) is 8.78. The van der Waals surface area contributed by atoms with Crippen molar-refractivity contribution < 1.29 is 9.59 Å². The first-order chi connectivity index (χ1) is 14.8. The molecule has 2 aromatic carbocycles. The first-order valence-corrected chi connectivity index (χ1v) is 11.4. The van der Waals surface area contributed by atoms with E-state index in [1.807, 2.05) is 73.6 Å². The second kappa shape index (κ2) is 10.1. The summed E-state index contributed by atoms with van der Waals surface area (Å²) in [5, 5.41) is 2.95. The summed E-state index contributed by atoms with van der Waals surface area (Å²) in [6.07, 6.45) is 0.535. The number of para-hydroxylation sites is 2. The van der Waals surface area contributed by atoms with Crippen molar-refractivity contribution in [3.05, 3.63) is 64.4 Å². The van der Waals surface area contributed by atoms with Crippen LogP contribution in [0.25, 0.3) is 11.0 Å². The number of nitrogens with zero attached hydrogens (tertiary/aromatic N) is 3. The van der Waals surface area contributed by atoms with Crippen molar-refractivity contribution in [1.82, 2.24) is 19.8 Å². The molecule has 31 heavy (non-hydrogen) atoms. The Hall–Kier alpha value is -2.67. The van der Waals surface area contributed by atoms with Crippen LogP contribution in [0.1, 0.15) is 43.9 Å². The van der Waals surface area contributed by atoms with Gasteiger partial charge in [0.1, 0.15) is 12.4 Å². The van der Waals surface area contributed by atoms with Crippen LogP contribution in [-0.2, 0) is 17.8 Å². The minimum Gasteiger partial charge on any atom is -0.352 e. The van der Waals surface area contributed by atoms with E-state index in [0.29, 0.717) is 18.5 Å². The molecular formula is C24H29BrN4O2. The summed E-state index contributed by atoms with van der Waals surface area (Å²) in [7, 11) is 0. The molecule has 0 aliphatic carbocycles. The van der Waals surface area contributed by atoms with E-state index in [2.05, 4.69) is 21.2 Å². The molecular weight excluding hydrogens is 456 g/mol. The maximum Gasteiger partial charge on any atom is 0.251 e. The number of nitrogens with one attached hydrogen (secondary N) is 1. The molecule has 1 N–H and O–H groups in total. The van der Waals surface area contributed by atoms with Crippen LogP contribution in [-0.4, -0.2) is 44.9 Å². The Labute approximate surface area is 191 Å². The fourth-order valence-electron chi connectivity index (χ4n) is 3.87. The molecule has 0 saturated heterocycles. The molecule has 0 bridgehead atoms. The molecule has 0 aliphatic rings. The summed E-state index contributed by atoms with van der Waals surface area (Å²) in [5.41, 5.74) is 2.39. The van der Waals surface area contributed by atoms with Crippen molar-refractivity contribution in [2.24, 2.45) is 0 Å². The van der Waals surface area contributed by atoms with Crippen molar-refractivity contribution in [1.29, 1.82) is 0 Å². The fraction of sp³-hybridized carbons (Fsp3) is 0.375. The Morgan fingerprint density at radius 3 is 2.32 bits per heavy atom. The minimum absolute atomic E-state index is 0.0632. The number of carbonyl (C=O) groups is 2. The van der Waals surface area contributed by atoms with Gasteiger partial charge in [-0.25, -0.2) is 4.98 Å². The van der Waals surface area contributed by atoms with E-state index in [4.69, 9.17) is 4.98 Å². The molecule has 3 rings (SSSR count). The van der Waals surface area contributed by atoms with E-state index in [-0.39, 0.29) is 30.4 Å². The van der Waals surface area contributed by atoms with Crippen LogP contribution in [0.3, 0.4) is 0 Å². The normalized spacial score (nSPS) is 11.3. The Kier molecular flexibility index (Phi) is 7.49. The summed E-state index contributed by atoms with van der Waals surface area (Å²) >= 11 is 3.38. The zero-order valence-corrected chi connectivity index (χ0v) is 20.0. The average molecular weight is 485 g/mol. The van der Waals surface area contributed by atoms with Gasteiger partial charge in [0.15, 0.2) is 0 Å². The Morgan fingerprint density at radius 2 is 1.68 bits per heavy atom. The first kappa shape index (κ1) is 23.0. The lowest BCUT2D eigenvalue weighted by Crippen LogP contribution is -2.43. The molecule has 0 unspecified atom stereocenters. The third-order valence-corrected chi connectivity index (χ3v) is 5.70. The number of benzene rings is 2. The van der Waals surface area contributed by atoms with Gasteiger partial charge in [0.05, 0.1) is 11.0 Å². The van der Waals surface area contributed by atoms with Crippen molar-refractivity contribution >= 4 is 38.8 Å². The highest BCUT2D eigenvalue weighted by atomic mass is 79.9. The molecule has 6 nitrogen and oxygen atoms in total. The van der Waals surface area contributed by atoms with E-state index in [0.717, 1.165) is 21.3 Å². The topological polar surface area (TPSA) is 67.2 Å². The van der Waals surface area contributed by atoms with Gasteiger partial charge in [-0.15, -0.1) is 0 Å². The molecule has 0 saturated carbocycles. The van der Waals surface area contributed by atoms with Gasteiger partial charge in [-0.05, 0) is 64.1 Å². The number of hydrogen-bond acceptors (Lipinski definition) is 3. The summed E-state index contributed by atoms with van der Waals surface area (Å²) < 4.78 is 2.90. The average Bonchev–Trinajstić information content (AvgIpc) is 3.05. The molecule has 1 aromatic heterocycles. The van der Waals surface area contributed by atoms with E-state index in [1.165, 1.54) is 0 Å². The third-order valence-electron chi connectivity index (χ3n) is 5.17. The highest BCUT2D eigenvalue weighted by Crippen LogP contribution is 2.18. The van der Waals surface area contributed by atoms with E-state index in [1.54, 1.807) is 12.1 Å². The monoisotopic (exact) mass is 484 g/mol. The van der Waals surface area contributed by atoms with E-state index in [9.17, 15) is 9.59 Å². The second-order valence-electron chi connectivity index (χ2n) is 8.10. The van der Waals surface area contributed by atoms with Gasteiger partial charge in [-0.1, -0.05) is 28.1 Å². The quantitative estimate of drug-likeness (QED) is 0.514. The van der Waals surface area contributed by atoms with Crippen molar-refractivity contribution in [3.63, 3.8) is 0 Å². The summed E-state index contributed by atoms with van der Waals surface area (Å²) in [6, 6.07) is 15.3. The molecule has 0 radical (unpaired) electrons. The molecule has 0 fully saturated rings. The van der Waals surface area contributed by atoms with Crippen LogP contribution < -0.4 is 5.32 Å². The minimum atomic E-state index is -0.128. The molecule has 2 amide bonds. The highest BCUT2D eigenvalue weighted by molar-refractivity contribution is 9.10. The molecule has 0 spiro atoms. The van der Waals surface area contributed by atoms with E-state index < -0.39 is 0 Å². The number of imidazole rings is 1. The zero-order valence-electron chi connectivity index (χ0n) is 18.4. The number of halogens is 1. The predicted octanol–water partition coefficient (Wildman–Crippen LogP) is 4.42. The Morgan fingerprint density at radius 1 is 1.03 bits per heavy atom. The largest absolute Gasteiger partial charge is 0.352 e. The Bertz CT molecular complexity index is 1050. The standard InChI is InChI=1S/C24H29BrN4O2/c1-16(2)29(17(3)4)23(30)15-28-21-8-6-5-7-20(21)27-22(28)13-14-26-24(31)18-9-11-19(25)12-10-18/h5-12,16-17H,13-15H2,1-4H3,(H,26,31). The predicted molar refractivity (Wildman–Crippen MR) is 127 cm³/mol. The van der Waals surface area contributed by atoms with Crippen molar-refractivity contribution in [3.8, 4) is 0 Å². The number of rotatable bonds is 8. The molecule has 164 valence electrons. The number of amides is 2. The number of carbonyl (C=O) groups excluding carboxylic acids is 2. The SMILES string of the molecule is CC(C)N(C(=O)Cn1c(CCNC(=O)c2ccc(Br)cc2)nc2ccccc21)C(C)C. The van der Waals surface area contributed by atoms with Gasteiger partial charge in [-0.2, -0.15) is 0 Å². The van der Waals surface area contributed by atoms with Gasteiger partial charge >= 0.3 is 0 Å². The van der Waals surface area contributed by atoms with Crippen molar-refractivity contribution in [2.45, 2.75) is 52.7 Å². The lowest BCUT2D eigenvalue weighted by molar-refractivity contribution is -0.135. The van der Waals surface area contributed by atoms with Gasteiger partial charge < -0.3 is 14.8 Å². The molecule has 3 aromatic rings. The molecule has 0 atom stereocenters. The van der Waals surface area contributed by atoms with Crippen molar-refractivity contribution in [2.75, 3.05) is 6.54 Å². The first-order valence-electron chi connectivity index (χ1n) is 10.6. The lowest BCUT2D eigenvalue weighted by atomic mass is 10.2. The van der Waals surface area contributed by atoms with Crippen LogP contribution in [0.4, 0.5) is 0 Å². The number of aromatic nitrogens is 2. The third kappa shape index (κ3) is 5.53. The van der Waals surface area contributed by atoms with E-state index >= 15 is 0 Å². The summed E-state index contributed by atoms with van der Waals surface area (Å²) in [5.74, 6) is 0.725. The van der Waals surface area contributed by atoms with Gasteiger partial charge in [0.25, 0.3) is 5.91 Å². The Balaban J connectivity index is 1.76. The van der Waals surface area contributed by atoms with Gasteiger partial charge in [-0.3, -0.25) is 9.59 Å². The smallest absolute Gasteiger partial charge is 0.251 e. The van der Waals surface area contributed by atoms with Gasteiger partial charge in [0, 0.05) is 35.1 Å². The van der Waals surface area contributed by atoms with Crippen LogP contribution in [0.2, 0.25) is 0 Å². The maximum absolute atomic E-state index is 13.1. The molecule has 1 heterocycles. The second-order valence-corrected chi connectivity index (χ2v) is 9.02. The van der Waals surface area contributed by atoms with Crippen LogP contribution in [0.15, 0.2) is 53.0 Å². The summed E-state index contributed by atoms with van der Waals surface area (Å²) in [4.78, 5) is 32.1. The fourth-order valence-corrected chi connectivity index (χ4v) is 4.14. The van der Waals surface area contributed by atoms with Crippen LogP contribution in [0, 0.1) is 0 Å². The van der Waals surface area contributed by atoms with Gasteiger partial charge in [0.2, 0.25) is 5.91 Å². The van der Waals surface area contributed by atoms with Crippen LogP contribution >= 0.6 is 15.9 Å². The number of hydrogen-bond donors (Lipinski definition) is 1. The molecule has 7 heteroatoms. The van der Waals surface area contributed by atoms with Crippen LogP contribution in [0.5, 0.6) is 0 Å². The maximum atomic E-state index is 13.1. The number of fused-ring (bicyclic) bond motifs is 1. The zero-order chi connectivity index (χ0) is 22.5. The lowest BCUT2D eigenvalue weighted by Gasteiger charge is -2.31.